The predicted octanol–water partition coefficient (Wildman–Crippen LogP) is 2.44. The van der Waals surface area contributed by atoms with Gasteiger partial charge in [0.2, 0.25) is 0 Å². The molecule has 3 nitrogen and oxygen atoms in total. The van der Waals surface area contributed by atoms with E-state index in [-0.39, 0.29) is 0 Å². The molecular weight excluding hydrogens is 228 g/mol. The average Bonchev–Trinajstić information content (AvgIpc) is 2.60. The minimum absolute atomic E-state index is 0.312. The van der Waals surface area contributed by atoms with Gasteiger partial charge in [-0.2, -0.15) is 8.78 Å². The Bertz CT molecular complexity index is 575. The molecule has 0 saturated heterocycles. The molecule has 5 heteroatoms. The minimum atomic E-state index is -3.72. The first-order valence-electron chi connectivity index (χ1n) is 5.05. The standard InChI is InChI=1S/C12H11F2NO2/c1-15-5-4-9-3-2-8(6-10(9)15)7-12(13,14)11(16)17/h2-6H,7H2,1H3,(H,16,17). The van der Waals surface area contributed by atoms with Gasteiger partial charge in [-0.15, -0.1) is 0 Å². The maximum Gasteiger partial charge on any atom is 0.374 e. The molecule has 1 aromatic heterocycles. The quantitative estimate of drug-likeness (QED) is 0.893. The van der Waals surface area contributed by atoms with Crippen LogP contribution >= 0.6 is 0 Å². The number of carboxylic acid groups (broad SMARTS) is 1. The van der Waals surface area contributed by atoms with E-state index in [2.05, 4.69) is 0 Å². The maximum atomic E-state index is 13.1. The highest BCUT2D eigenvalue weighted by molar-refractivity contribution is 5.81. The summed E-state index contributed by atoms with van der Waals surface area (Å²) in [6.07, 6.45) is 1.03. The maximum absolute atomic E-state index is 13.1. The summed E-state index contributed by atoms with van der Waals surface area (Å²) in [5.41, 5.74) is 1.12. The highest BCUT2D eigenvalue weighted by Gasteiger charge is 2.38. The number of hydrogen-bond donors (Lipinski definition) is 1. The van der Waals surface area contributed by atoms with Crippen LogP contribution in [0.1, 0.15) is 5.56 Å². The summed E-state index contributed by atoms with van der Waals surface area (Å²) >= 11 is 0. The van der Waals surface area contributed by atoms with Crippen LogP contribution in [0.4, 0.5) is 8.78 Å². The van der Waals surface area contributed by atoms with Crippen molar-refractivity contribution < 1.29 is 18.7 Å². The van der Waals surface area contributed by atoms with Gasteiger partial charge in [-0.3, -0.25) is 0 Å². The molecule has 0 aliphatic heterocycles. The molecule has 0 aliphatic carbocycles. The van der Waals surface area contributed by atoms with Gasteiger partial charge >= 0.3 is 11.9 Å². The van der Waals surface area contributed by atoms with E-state index < -0.39 is 18.3 Å². The number of carboxylic acids is 1. The molecule has 0 amide bonds. The number of aryl methyl sites for hydroxylation is 1. The van der Waals surface area contributed by atoms with Crippen LogP contribution in [0.5, 0.6) is 0 Å². The molecule has 0 bridgehead atoms. The van der Waals surface area contributed by atoms with Crippen molar-refractivity contribution in [2.24, 2.45) is 7.05 Å². The summed E-state index contributed by atoms with van der Waals surface area (Å²) in [5.74, 6) is -5.82. The fourth-order valence-electron chi connectivity index (χ4n) is 1.75. The van der Waals surface area contributed by atoms with Gasteiger partial charge in [0.05, 0.1) is 0 Å². The molecule has 0 unspecified atom stereocenters. The van der Waals surface area contributed by atoms with Crippen LogP contribution in [0.25, 0.3) is 10.9 Å². The van der Waals surface area contributed by atoms with Crippen LogP contribution in [0, 0.1) is 0 Å². The number of alkyl halides is 2. The molecule has 17 heavy (non-hydrogen) atoms. The van der Waals surface area contributed by atoms with Gasteiger partial charge in [-0.05, 0) is 23.1 Å². The molecule has 2 aromatic rings. The van der Waals surface area contributed by atoms with E-state index >= 15 is 0 Å². The monoisotopic (exact) mass is 239 g/mol. The van der Waals surface area contributed by atoms with Gasteiger partial charge in [-0.1, -0.05) is 12.1 Å². The number of hydrogen-bond acceptors (Lipinski definition) is 1. The second-order valence-electron chi connectivity index (χ2n) is 4.01. The molecule has 1 aromatic carbocycles. The zero-order valence-corrected chi connectivity index (χ0v) is 9.15. The molecule has 1 heterocycles. The van der Waals surface area contributed by atoms with E-state index in [1.54, 1.807) is 23.7 Å². The normalized spacial score (nSPS) is 11.9. The Morgan fingerprint density at radius 1 is 1.41 bits per heavy atom. The van der Waals surface area contributed by atoms with E-state index in [4.69, 9.17) is 5.11 Å². The largest absolute Gasteiger partial charge is 0.477 e. The third-order valence-corrected chi connectivity index (χ3v) is 2.69. The zero-order valence-electron chi connectivity index (χ0n) is 9.15. The number of carbonyl (C=O) groups is 1. The van der Waals surface area contributed by atoms with Gasteiger partial charge < -0.3 is 9.67 Å². The molecule has 90 valence electrons. The number of aromatic nitrogens is 1. The second-order valence-corrected chi connectivity index (χ2v) is 4.01. The first kappa shape index (κ1) is 11.6. The van der Waals surface area contributed by atoms with Crippen molar-refractivity contribution in [3.05, 3.63) is 36.0 Å². The molecule has 2 rings (SSSR count). The Kier molecular flexibility index (Phi) is 2.61. The smallest absolute Gasteiger partial charge is 0.374 e. The lowest BCUT2D eigenvalue weighted by molar-refractivity contribution is -0.164. The first-order chi connectivity index (χ1) is 7.90. The lowest BCUT2D eigenvalue weighted by Crippen LogP contribution is -2.30. The number of aliphatic carboxylic acids is 1. The van der Waals surface area contributed by atoms with Gasteiger partial charge in [0.15, 0.2) is 0 Å². The number of nitrogens with zero attached hydrogens (tertiary/aromatic N) is 1. The Morgan fingerprint density at radius 3 is 2.76 bits per heavy atom. The molecule has 1 N–H and O–H groups in total. The lowest BCUT2D eigenvalue weighted by Gasteiger charge is -2.11. The van der Waals surface area contributed by atoms with Crippen molar-refractivity contribution in [3.8, 4) is 0 Å². The van der Waals surface area contributed by atoms with Crippen LogP contribution in [-0.4, -0.2) is 21.6 Å². The Labute approximate surface area is 96.3 Å². The van der Waals surface area contributed by atoms with E-state index in [1.165, 1.54) is 6.07 Å². The van der Waals surface area contributed by atoms with Crippen LogP contribution in [0.3, 0.4) is 0 Å². The van der Waals surface area contributed by atoms with Gasteiger partial charge in [0.1, 0.15) is 0 Å². The number of rotatable bonds is 3. The predicted molar refractivity (Wildman–Crippen MR) is 59.2 cm³/mol. The third-order valence-electron chi connectivity index (χ3n) is 2.69. The molecule has 0 saturated carbocycles. The van der Waals surface area contributed by atoms with E-state index in [1.807, 2.05) is 12.3 Å². The summed E-state index contributed by atoms with van der Waals surface area (Å²) in [4.78, 5) is 10.4. The van der Waals surface area contributed by atoms with Crippen molar-refractivity contribution >= 4 is 16.9 Å². The Morgan fingerprint density at radius 2 is 2.12 bits per heavy atom. The fourth-order valence-corrected chi connectivity index (χ4v) is 1.75. The Hall–Kier alpha value is -1.91. The van der Waals surface area contributed by atoms with Crippen molar-refractivity contribution in [2.45, 2.75) is 12.3 Å². The number of fused-ring (bicyclic) bond motifs is 1. The summed E-state index contributed by atoms with van der Waals surface area (Å²) in [7, 11) is 1.81. The van der Waals surface area contributed by atoms with Crippen molar-refractivity contribution in [3.63, 3.8) is 0 Å². The second kappa shape index (κ2) is 3.84. The zero-order chi connectivity index (χ0) is 12.6. The first-order valence-corrected chi connectivity index (χ1v) is 5.05. The molecule has 0 spiro atoms. The molecule has 0 radical (unpaired) electrons. The summed E-state index contributed by atoms with van der Waals surface area (Å²) in [6.45, 7) is 0. The summed E-state index contributed by atoms with van der Waals surface area (Å²) < 4.78 is 27.9. The highest BCUT2D eigenvalue weighted by atomic mass is 19.3. The van der Waals surface area contributed by atoms with Crippen molar-refractivity contribution in [1.29, 1.82) is 0 Å². The molecule has 0 aliphatic rings. The van der Waals surface area contributed by atoms with E-state index in [0.717, 1.165) is 10.9 Å². The van der Waals surface area contributed by atoms with Crippen LogP contribution in [-0.2, 0) is 18.3 Å². The van der Waals surface area contributed by atoms with Crippen LogP contribution < -0.4 is 0 Å². The molecular formula is C12H11F2NO2. The van der Waals surface area contributed by atoms with Crippen molar-refractivity contribution in [2.75, 3.05) is 0 Å². The number of benzene rings is 1. The topological polar surface area (TPSA) is 42.2 Å². The van der Waals surface area contributed by atoms with Gasteiger partial charge in [-0.25, -0.2) is 4.79 Å². The number of halogens is 2. The average molecular weight is 239 g/mol. The SMILES string of the molecule is Cn1ccc2ccc(CC(F)(F)C(=O)O)cc21. The van der Waals surface area contributed by atoms with Gasteiger partial charge in [0, 0.05) is 25.2 Å². The minimum Gasteiger partial charge on any atom is -0.477 e. The van der Waals surface area contributed by atoms with Gasteiger partial charge in [0.25, 0.3) is 0 Å². The van der Waals surface area contributed by atoms with Crippen molar-refractivity contribution in [1.82, 2.24) is 4.57 Å². The van der Waals surface area contributed by atoms with E-state index in [9.17, 15) is 13.6 Å². The van der Waals surface area contributed by atoms with Crippen LogP contribution in [0.2, 0.25) is 0 Å². The molecule has 0 fully saturated rings. The summed E-state index contributed by atoms with van der Waals surface area (Å²) in [6, 6.07) is 6.70. The fraction of sp³-hybridized carbons (Fsp3) is 0.250. The third kappa shape index (κ3) is 2.13. The summed E-state index contributed by atoms with van der Waals surface area (Å²) in [5, 5.41) is 9.31. The van der Waals surface area contributed by atoms with Crippen LogP contribution in [0.15, 0.2) is 30.5 Å². The highest BCUT2D eigenvalue weighted by Crippen LogP contribution is 2.23. The van der Waals surface area contributed by atoms with E-state index in [0.29, 0.717) is 5.56 Å². The molecule has 0 atom stereocenters. The lowest BCUT2D eigenvalue weighted by atomic mass is 10.1. The Balaban J connectivity index is 2.37.